The number of carbonyl (C=O) groups excluding carboxylic acids is 1. The number of ether oxygens (including phenoxy) is 1. The molecule has 3 N–H and O–H groups in total. The second-order valence-corrected chi connectivity index (χ2v) is 3.71. The van der Waals surface area contributed by atoms with Crippen molar-refractivity contribution in [1.29, 1.82) is 0 Å². The summed E-state index contributed by atoms with van der Waals surface area (Å²) in [5.74, 6) is -0.713. The van der Waals surface area contributed by atoms with Gasteiger partial charge in [-0.2, -0.15) is 18.3 Å². The van der Waals surface area contributed by atoms with Crippen LogP contribution in [0.25, 0.3) is 0 Å². The molecule has 0 fully saturated rings. The van der Waals surface area contributed by atoms with Crippen LogP contribution in [0, 0.1) is 0 Å². The lowest BCUT2D eigenvalue weighted by molar-refractivity contribution is -0.141. The van der Waals surface area contributed by atoms with E-state index in [9.17, 15) is 18.0 Å². The number of nitrogens with two attached hydrogens (primary N) is 1. The largest absolute Gasteiger partial charge is 0.460 e. The maximum absolute atomic E-state index is 11.8. The molecule has 0 atom stereocenters. The summed E-state index contributed by atoms with van der Waals surface area (Å²) in [6, 6.07) is 0. The molecule has 0 heterocycles. The van der Waals surface area contributed by atoms with Gasteiger partial charge in [0.15, 0.2) is 0 Å². The normalized spacial score (nSPS) is 12.5. The van der Waals surface area contributed by atoms with Crippen molar-refractivity contribution in [3.63, 3.8) is 0 Å². The quantitative estimate of drug-likeness (QED) is 0.260. The lowest BCUT2D eigenvalue weighted by atomic mass is 10.3. The summed E-state index contributed by atoms with van der Waals surface area (Å²) in [6.45, 7) is 7.39. The Labute approximate surface area is 122 Å². The van der Waals surface area contributed by atoms with E-state index in [1.807, 2.05) is 13.8 Å². The summed E-state index contributed by atoms with van der Waals surface area (Å²) < 4.78 is 40.2. The Morgan fingerprint density at radius 2 is 1.90 bits per heavy atom. The minimum atomic E-state index is -4.27. The molecule has 5 nitrogen and oxygen atoms in total. The van der Waals surface area contributed by atoms with Gasteiger partial charge < -0.3 is 10.5 Å². The lowest BCUT2D eigenvalue weighted by Gasteiger charge is -2.03. The van der Waals surface area contributed by atoms with E-state index in [1.165, 1.54) is 0 Å². The van der Waals surface area contributed by atoms with Gasteiger partial charge in [0.25, 0.3) is 0 Å². The molecule has 0 saturated heterocycles. The fourth-order valence-electron chi connectivity index (χ4n) is 0.839. The number of amidine groups is 1. The standard InChI is InChI=1S/C11H16F3N3O2.C2H6/c1-8(2)19-10(18)5-7-16-17-9(15)4-3-6-11(12,13)14;1-2/h3-5,7-8,16H,6H2,1-2H3,(H2,15,17);1-2H3/b4-3+,7-5-;. The molecule has 8 heteroatoms. The number of esters is 1. The highest BCUT2D eigenvalue weighted by atomic mass is 19.4. The lowest BCUT2D eigenvalue weighted by Crippen LogP contribution is -2.14. The summed E-state index contributed by atoms with van der Waals surface area (Å²) >= 11 is 0. The van der Waals surface area contributed by atoms with Crippen molar-refractivity contribution >= 4 is 11.8 Å². The molecule has 0 aliphatic rings. The van der Waals surface area contributed by atoms with Gasteiger partial charge in [0.05, 0.1) is 12.5 Å². The number of allylic oxidation sites excluding steroid dienone is 1. The number of nitrogens with one attached hydrogen (secondary N) is 1. The third kappa shape index (κ3) is 18.0. The van der Waals surface area contributed by atoms with Crippen molar-refractivity contribution in [3.05, 3.63) is 24.4 Å². The molecule has 122 valence electrons. The van der Waals surface area contributed by atoms with E-state index in [2.05, 4.69) is 10.5 Å². The van der Waals surface area contributed by atoms with Crippen LogP contribution in [-0.2, 0) is 9.53 Å². The van der Waals surface area contributed by atoms with E-state index in [1.54, 1.807) is 13.8 Å². The SMILES string of the molecule is CC.CC(C)OC(=O)/C=C\N/N=C(N)/C=C/CC(F)(F)F. The van der Waals surface area contributed by atoms with Crippen molar-refractivity contribution in [2.24, 2.45) is 10.8 Å². The Morgan fingerprint density at radius 3 is 2.38 bits per heavy atom. The minimum absolute atomic E-state index is 0.147. The van der Waals surface area contributed by atoms with Crippen LogP contribution in [0.5, 0.6) is 0 Å². The fraction of sp³-hybridized carbons (Fsp3) is 0.538. The summed E-state index contributed by atoms with van der Waals surface area (Å²) in [7, 11) is 0. The van der Waals surface area contributed by atoms with Crippen LogP contribution < -0.4 is 11.2 Å². The molecule has 0 bridgehead atoms. The number of rotatable bonds is 6. The molecular formula is C13H22F3N3O2. The van der Waals surface area contributed by atoms with Crippen LogP contribution in [0.2, 0.25) is 0 Å². The van der Waals surface area contributed by atoms with E-state index in [0.29, 0.717) is 0 Å². The molecule has 0 aromatic heterocycles. The van der Waals surface area contributed by atoms with Gasteiger partial charge in [0.2, 0.25) is 0 Å². The van der Waals surface area contributed by atoms with Gasteiger partial charge in [-0.15, -0.1) is 0 Å². The molecule has 0 saturated carbocycles. The topological polar surface area (TPSA) is 76.7 Å². The third-order valence-electron chi connectivity index (χ3n) is 1.48. The molecule has 0 aromatic carbocycles. The van der Waals surface area contributed by atoms with Crippen LogP contribution in [0.1, 0.15) is 34.1 Å². The average Bonchev–Trinajstić information content (AvgIpc) is 2.34. The molecule has 0 unspecified atom stereocenters. The summed E-state index contributed by atoms with van der Waals surface area (Å²) in [6.07, 6.45) is -1.50. The Kier molecular flexibility index (Phi) is 12.0. The van der Waals surface area contributed by atoms with Crippen molar-refractivity contribution in [1.82, 2.24) is 5.43 Å². The number of hydrogen-bond donors (Lipinski definition) is 2. The van der Waals surface area contributed by atoms with Crippen molar-refractivity contribution in [3.8, 4) is 0 Å². The Bertz CT molecular complexity index is 375. The molecule has 0 aliphatic carbocycles. The van der Waals surface area contributed by atoms with E-state index >= 15 is 0 Å². The molecule has 0 aromatic rings. The first-order valence-electron chi connectivity index (χ1n) is 6.40. The van der Waals surface area contributed by atoms with Gasteiger partial charge in [-0.1, -0.05) is 19.9 Å². The van der Waals surface area contributed by atoms with Crippen molar-refractivity contribution in [2.75, 3.05) is 0 Å². The smallest absolute Gasteiger partial charge is 0.392 e. The fourth-order valence-corrected chi connectivity index (χ4v) is 0.839. The maximum atomic E-state index is 11.8. The van der Waals surface area contributed by atoms with Crippen LogP contribution >= 0.6 is 0 Å². The number of nitrogens with zero attached hydrogens (tertiary/aromatic N) is 1. The Balaban J connectivity index is 0. The minimum Gasteiger partial charge on any atom is -0.460 e. The highest BCUT2D eigenvalue weighted by molar-refractivity contribution is 5.91. The van der Waals surface area contributed by atoms with Crippen molar-refractivity contribution in [2.45, 2.75) is 46.4 Å². The Morgan fingerprint density at radius 1 is 1.33 bits per heavy atom. The first-order chi connectivity index (χ1) is 9.70. The van der Waals surface area contributed by atoms with Gasteiger partial charge >= 0.3 is 12.1 Å². The monoisotopic (exact) mass is 309 g/mol. The van der Waals surface area contributed by atoms with Gasteiger partial charge in [0, 0.05) is 12.3 Å². The highest BCUT2D eigenvalue weighted by Crippen LogP contribution is 2.19. The van der Waals surface area contributed by atoms with Gasteiger partial charge in [-0.25, -0.2) is 4.79 Å². The summed E-state index contributed by atoms with van der Waals surface area (Å²) in [5, 5.41) is 3.49. The molecule has 0 radical (unpaired) electrons. The average molecular weight is 309 g/mol. The molecule has 0 aliphatic heterocycles. The molecule has 21 heavy (non-hydrogen) atoms. The predicted molar refractivity (Wildman–Crippen MR) is 76.3 cm³/mol. The van der Waals surface area contributed by atoms with E-state index in [-0.39, 0.29) is 11.9 Å². The maximum Gasteiger partial charge on any atom is 0.392 e. The zero-order valence-electron chi connectivity index (χ0n) is 12.6. The number of hydrazone groups is 1. The second kappa shape index (κ2) is 11.8. The molecule has 0 amide bonds. The van der Waals surface area contributed by atoms with Crippen LogP contribution in [-0.4, -0.2) is 24.1 Å². The van der Waals surface area contributed by atoms with Crippen LogP contribution in [0.4, 0.5) is 13.2 Å². The van der Waals surface area contributed by atoms with E-state index in [0.717, 1.165) is 24.4 Å². The highest BCUT2D eigenvalue weighted by Gasteiger charge is 2.24. The number of carbonyl (C=O) groups is 1. The van der Waals surface area contributed by atoms with Gasteiger partial charge in [-0.05, 0) is 19.9 Å². The summed E-state index contributed by atoms with van der Waals surface area (Å²) in [4.78, 5) is 11.0. The number of alkyl halides is 3. The molecular weight excluding hydrogens is 287 g/mol. The predicted octanol–water partition coefficient (Wildman–Crippen LogP) is 2.85. The Hall–Kier alpha value is -1.99. The molecule has 0 rings (SSSR count). The van der Waals surface area contributed by atoms with Crippen molar-refractivity contribution < 1.29 is 22.7 Å². The number of halogens is 3. The second-order valence-electron chi connectivity index (χ2n) is 3.71. The zero-order chi connectivity index (χ0) is 16.9. The zero-order valence-corrected chi connectivity index (χ0v) is 12.6. The van der Waals surface area contributed by atoms with Crippen LogP contribution in [0.3, 0.4) is 0 Å². The van der Waals surface area contributed by atoms with Gasteiger partial charge in [-0.3, -0.25) is 5.43 Å². The van der Waals surface area contributed by atoms with E-state index < -0.39 is 18.6 Å². The first-order valence-corrected chi connectivity index (χ1v) is 6.40. The van der Waals surface area contributed by atoms with E-state index in [4.69, 9.17) is 10.5 Å². The summed E-state index contributed by atoms with van der Waals surface area (Å²) in [5.41, 5.74) is 7.57. The first kappa shape index (κ1) is 21.3. The molecule has 0 spiro atoms. The third-order valence-corrected chi connectivity index (χ3v) is 1.48. The van der Waals surface area contributed by atoms with Gasteiger partial charge in [0.1, 0.15) is 5.84 Å². The van der Waals surface area contributed by atoms with Crippen LogP contribution in [0.15, 0.2) is 29.5 Å². The number of hydrogen-bond acceptors (Lipinski definition) is 4.